The van der Waals surface area contributed by atoms with Crippen LogP contribution >= 0.6 is 23.4 Å². The van der Waals surface area contributed by atoms with Crippen molar-refractivity contribution in [1.82, 2.24) is 9.55 Å². The fourth-order valence-electron chi connectivity index (χ4n) is 3.65. The van der Waals surface area contributed by atoms with Gasteiger partial charge in [-0.25, -0.2) is 0 Å². The molecule has 4 rings (SSSR count). The van der Waals surface area contributed by atoms with Gasteiger partial charge in [-0.05, 0) is 17.7 Å². The molecule has 1 aromatic heterocycles. The van der Waals surface area contributed by atoms with E-state index in [1.807, 2.05) is 18.2 Å². The predicted molar refractivity (Wildman–Crippen MR) is 119 cm³/mol. The maximum absolute atomic E-state index is 13.0. The molecule has 1 atom stereocenters. The van der Waals surface area contributed by atoms with Gasteiger partial charge in [0.2, 0.25) is 5.91 Å². The number of fused-ring (bicyclic) bond motifs is 1. The minimum atomic E-state index is -0.747. The van der Waals surface area contributed by atoms with Crippen LogP contribution in [0.15, 0.2) is 58.5 Å². The molecule has 0 saturated heterocycles. The number of hydrogen-bond donors (Lipinski definition) is 1. The van der Waals surface area contributed by atoms with Crippen LogP contribution in [0.5, 0.6) is 0 Å². The Balaban J connectivity index is 1.76. The zero-order valence-electron chi connectivity index (χ0n) is 16.4. The minimum Gasteiger partial charge on any atom is -0.312 e. The van der Waals surface area contributed by atoms with Crippen LogP contribution in [-0.2, 0) is 17.6 Å². The molecule has 0 radical (unpaired) electrons. The number of benzene rings is 2. The number of nitrogens with zero attached hydrogens (tertiary/aromatic N) is 3. The normalized spacial score (nSPS) is 15.3. The maximum atomic E-state index is 13.0. The van der Waals surface area contributed by atoms with Crippen LogP contribution in [0, 0.1) is 10.1 Å². The zero-order valence-corrected chi connectivity index (χ0v) is 17.9. The van der Waals surface area contributed by atoms with Gasteiger partial charge in [-0.15, -0.1) is 0 Å². The van der Waals surface area contributed by atoms with Gasteiger partial charge in [0.1, 0.15) is 5.82 Å². The number of amides is 1. The van der Waals surface area contributed by atoms with E-state index < -0.39 is 16.4 Å². The number of aromatic nitrogens is 2. The van der Waals surface area contributed by atoms with Crippen molar-refractivity contribution in [3.05, 3.63) is 90.7 Å². The van der Waals surface area contributed by atoms with Crippen molar-refractivity contribution >= 4 is 40.8 Å². The van der Waals surface area contributed by atoms with Crippen LogP contribution in [0.1, 0.15) is 29.0 Å². The van der Waals surface area contributed by atoms with Crippen LogP contribution < -0.4 is 10.9 Å². The first-order valence-corrected chi connectivity index (χ1v) is 10.7. The summed E-state index contributed by atoms with van der Waals surface area (Å²) in [6.07, 6.45) is -0.0657. The first-order chi connectivity index (χ1) is 14.8. The minimum absolute atomic E-state index is 0.0657. The summed E-state index contributed by atoms with van der Waals surface area (Å²) in [5.41, 5.74) is 0.899. The highest BCUT2D eigenvalue weighted by molar-refractivity contribution is 7.98. The van der Waals surface area contributed by atoms with E-state index in [4.69, 9.17) is 11.6 Å². The highest BCUT2D eigenvalue weighted by Gasteiger charge is 2.35. The molecule has 2 heterocycles. The Hall–Kier alpha value is -3.17. The number of hydrogen-bond acceptors (Lipinski definition) is 6. The van der Waals surface area contributed by atoms with Crippen LogP contribution in [0.4, 0.5) is 11.5 Å². The maximum Gasteiger partial charge on any atom is 0.279 e. The average molecular weight is 457 g/mol. The molecule has 0 fully saturated rings. The number of halogens is 1. The Kier molecular flexibility index (Phi) is 5.79. The van der Waals surface area contributed by atoms with Crippen molar-refractivity contribution in [3.8, 4) is 0 Å². The molecule has 158 valence electrons. The summed E-state index contributed by atoms with van der Waals surface area (Å²) in [4.78, 5) is 40.6. The van der Waals surface area contributed by atoms with Gasteiger partial charge < -0.3 is 9.88 Å². The van der Waals surface area contributed by atoms with Crippen molar-refractivity contribution in [2.75, 3.05) is 5.32 Å². The average Bonchev–Trinajstić information content (AvgIpc) is 2.74. The Morgan fingerprint density at radius 2 is 2.03 bits per heavy atom. The first-order valence-electron chi connectivity index (χ1n) is 9.36. The number of para-hydroxylation sites is 1. The molecule has 0 saturated carbocycles. The monoisotopic (exact) mass is 456 g/mol. The van der Waals surface area contributed by atoms with Gasteiger partial charge in [0.25, 0.3) is 11.2 Å². The second kappa shape index (κ2) is 8.52. The molecule has 0 bridgehead atoms. The number of nitro groups is 1. The lowest BCUT2D eigenvalue weighted by molar-refractivity contribution is -0.385. The lowest BCUT2D eigenvalue weighted by atomic mass is 9.86. The Morgan fingerprint density at radius 1 is 1.26 bits per heavy atom. The van der Waals surface area contributed by atoms with Crippen molar-refractivity contribution in [2.24, 2.45) is 7.05 Å². The molecule has 0 spiro atoms. The number of nitro benzene ring substituents is 1. The second-order valence-electron chi connectivity index (χ2n) is 7.06. The van der Waals surface area contributed by atoms with Crippen molar-refractivity contribution < 1.29 is 9.72 Å². The molecule has 0 aliphatic carbocycles. The molecule has 10 heteroatoms. The first kappa shape index (κ1) is 21.1. The highest BCUT2D eigenvalue weighted by atomic mass is 35.5. The molecule has 1 amide bonds. The van der Waals surface area contributed by atoms with Gasteiger partial charge >= 0.3 is 0 Å². The molecular weight excluding hydrogens is 440 g/mol. The summed E-state index contributed by atoms with van der Waals surface area (Å²) in [6.45, 7) is 0. The van der Waals surface area contributed by atoms with E-state index >= 15 is 0 Å². The van der Waals surface area contributed by atoms with Crippen molar-refractivity contribution in [1.29, 1.82) is 0 Å². The number of anilines is 1. The molecular formula is C21H17ClN4O4S. The molecule has 8 nitrogen and oxygen atoms in total. The summed E-state index contributed by atoms with van der Waals surface area (Å²) >= 11 is 7.36. The van der Waals surface area contributed by atoms with Crippen LogP contribution in [-0.4, -0.2) is 20.4 Å². The van der Waals surface area contributed by atoms with Crippen molar-refractivity contribution in [3.63, 3.8) is 0 Å². The highest BCUT2D eigenvalue weighted by Crippen LogP contribution is 2.39. The van der Waals surface area contributed by atoms with E-state index in [0.717, 1.165) is 5.56 Å². The smallest absolute Gasteiger partial charge is 0.279 e. The van der Waals surface area contributed by atoms with Gasteiger partial charge in [-0.1, -0.05) is 53.7 Å². The van der Waals surface area contributed by atoms with Crippen molar-refractivity contribution in [2.45, 2.75) is 23.2 Å². The number of carbonyl (C=O) groups excluding carboxylic acids is 1. The molecule has 3 aromatic rings. The Morgan fingerprint density at radius 3 is 2.77 bits per heavy atom. The van der Waals surface area contributed by atoms with Gasteiger partial charge in [-0.3, -0.25) is 19.7 Å². The second-order valence-corrected chi connectivity index (χ2v) is 8.44. The fraction of sp³-hybridized carbons (Fsp3) is 0.190. The van der Waals surface area contributed by atoms with E-state index in [1.54, 1.807) is 35.9 Å². The SMILES string of the molecule is Cn1c(SCc2cccc(Cl)c2)nc(=O)c2c1NC(=O)CC2c1ccccc1[N+](=O)[O-]. The number of thioether (sulfide) groups is 1. The Labute approximate surface area is 186 Å². The lowest BCUT2D eigenvalue weighted by Crippen LogP contribution is -2.33. The molecule has 1 aliphatic heterocycles. The van der Waals surface area contributed by atoms with Gasteiger partial charge in [0.05, 0.1) is 10.5 Å². The summed E-state index contributed by atoms with van der Waals surface area (Å²) in [5.74, 6) is -0.222. The van der Waals surface area contributed by atoms with E-state index in [2.05, 4.69) is 10.3 Å². The lowest BCUT2D eigenvalue weighted by Gasteiger charge is -2.27. The predicted octanol–water partition coefficient (Wildman–Crippen LogP) is 4.11. The van der Waals surface area contributed by atoms with Crippen LogP contribution in [0.3, 0.4) is 0 Å². The molecule has 1 N–H and O–H groups in total. The van der Waals surface area contributed by atoms with Gasteiger partial charge in [0, 0.05) is 41.8 Å². The van der Waals surface area contributed by atoms with E-state index in [-0.39, 0.29) is 23.6 Å². The van der Waals surface area contributed by atoms with E-state index in [1.165, 1.54) is 17.8 Å². The summed E-state index contributed by atoms with van der Waals surface area (Å²) in [6, 6.07) is 13.5. The molecule has 1 unspecified atom stereocenters. The topological polar surface area (TPSA) is 107 Å². The van der Waals surface area contributed by atoms with E-state index in [9.17, 15) is 19.7 Å². The summed E-state index contributed by atoms with van der Waals surface area (Å²) in [7, 11) is 1.70. The largest absolute Gasteiger partial charge is 0.312 e. The number of nitrogens with one attached hydrogen (secondary N) is 1. The quantitative estimate of drug-likeness (QED) is 0.268. The number of rotatable bonds is 5. The van der Waals surface area contributed by atoms with Gasteiger partial charge in [-0.2, -0.15) is 4.98 Å². The third-order valence-corrected chi connectivity index (χ3v) is 6.40. The van der Waals surface area contributed by atoms with Crippen LogP contribution in [0.2, 0.25) is 5.02 Å². The fourth-order valence-corrected chi connectivity index (χ4v) is 4.77. The van der Waals surface area contributed by atoms with E-state index in [0.29, 0.717) is 27.3 Å². The summed E-state index contributed by atoms with van der Waals surface area (Å²) < 4.78 is 1.64. The number of carbonyl (C=O) groups is 1. The third-order valence-electron chi connectivity index (χ3n) is 5.07. The third kappa shape index (κ3) is 4.19. The van der Waals surface area contributed by atoms with Crippen LogP contribution in [0.25, 0.3) is 0 Å². The molecule has 1 aliphatic rings. The standard InChI is InChI=1S/C21H17ClN4O4S/c1-25-19-18(20(28)24-21(25)31-11-12-5-4-6-13(22)9-12)15(10-17(27)23-19)14-7-2-3-8-16(14)26(29)30/h2-9,15H,10-11H2,1H3,(H,23,27). The molecule has 31 heavy (non-hydrogen) atoms. The summed E-state index contributed by atoms with van der Waals surface area (Å²) in [5, 5.41) is 15.3. The van der Waals surface area contributed by atoms with Gasteiger partial charge in [0.15, 0.2) is 5.16 Å². The zero-order chi connectivity index (χ0) is 22.1. The Bertz CT molecular complexity index is 1260. The molecule has 2 aromatic carbocycles.